The summed E-state index contributed by atoms with van der Waals surface area (Å²) in [6, 6.07) is 5.64. The zero-order valence-electron chi connectivity index (χ0n) is 8.53. The van der Waals surface area contributed by atoms with Crippen molar-refractivity contribution in [3.8, 4) is 0 Å². The maximum absolute atomic E-state index is 10.6. The Morgan fingerprint density at radius 3 is 2.94 bits per heavy atom. The zero-order chi connectivity index (χ0) is 11.5. The van der Waals surface area contributed by atoms with Gasteiger partial charge in [0, 0.05) is 23.7 Å². The Morgan fingerprint density at radius 1 is 1.44 bits per heavy atom. The number of fused-ring (bicyclic) bond motifs is 1. The van der Waals surface area contributed by atoms with Crippen LogP contribution in [0.5, 0.6) is 0 Å². The summed E-state index contributed by atoms with van der Waals surface area (Å²) >= 11 is 0. The van der Waals surface area contributed by atoms with Crippen molar-refractivity contribution >= 4 is 22.7 Å². The number of aromatic amines is 1. The Hall–Kier alpha value is -2.01. The van der Waals surface area contributed by atoms with Gasteiger partial charge in [0.15, 0.2) is 0 Å². The Kier molecular flexibility index (Phi) is 2.78. The van der Waals surface area contributed by atoms with Gasteiger partial charge in [0.25, 0.3) is 0 Å². The summed E-state index contributed by atoms with van der Waals surface area (Å²) in [5.41, 5.74) is 2.37. The summed E-state index contributed by atoms with van der Waals surface area (Å²) in [7, 11) is 0. The van der Waals surface area contributed by atoms with E-state index in [2.05, 4.69) is 10.3 Å². The predicted molar refractivity (Wildman–Crippen MR) is 60.7 cm³/mol. The van der Waals surface area contributed by atoms with Crippen molar-refractivity contribution in [1.29, 1.82) is 0 Å². The summed E-state index contributed by atoms with van der Waals surface area (Å²) < 4.78 is 0. The number of anilines is 1. The number of nitrogens with one attached hydrogen (secondary N) is 2. The molecule has 2 aromatic rings. The van der Waals surface area contributed by atoms with E-state index in [1.807, 2.05) is 18.2 Å². The van der Waals surface area contributed by atoms with Crippen molar-refractivity contribution in [1.82, 2.24) is 4.98 Å². The minimum absolute atomic E-state index is 0.0810. The van der Waals surface area contributed by atoms with Crippen LogP contribution in [0, 0.1) is 0 Å². The Morgan fingerprint density at radius 2 is 2.25 bits per heavy atom. The normalized spacial score (nSPS) is 10.6. The summed E-state index contributed by atoms with van der Waals surface area (Å²) in [6.45, 7) is 0.0810. The fourth-order valence-electron chi connectivity index (χ4n) is 1.67. The molecule has 0 saturated heterocycles. The SMILES string of the molecule is O=C(O)Nc1c[nH]c2ccc(CCO)cc12. The molecule has 5 nitrogen and oxygen atoms in total. The molecule has 0 aliphatic rings. The quantitative estimate of drug-likeness (QED) is 0.636. The topological polar surface area (TPSA) is 85.4 Å². The minimum atomic E-state index is -1.09. The molecule has 1 aromatic heterocycles. The van der Waals surface area contributed by atoms with Gasteiger partial charge in [0.2, 0.25) is 0 Å². The monoisotopic (exact) mass is 220 g/mol. The lowest BCUT2D eigenvalue weighted by Gasteiger charge is -2.01. The van der Waals surface area contributed by atoms with Crippen LogP contribution in [0.4, 0.5) is 10.5 Å². The van der Waals surface area contributed by atoms with Crippen molar-refractivity contribution < 1.29 is 15.0 Å². The number of aliphatic hydroxyl groups is 1. The van der Waals surface area contributed by atoms with Gasteiger partial charge < -0.3 is 15.2 Å². The first-order chi connectivity index (χ1) is 7.70. The average molecular weight is 220 g/mol. The number of hydrogen-bond acceptors (Lipinski definition) is 2. The van der Waals surface area contributed by atoms with Gasteiger partial charge >= 0.3 is 6.09 Å². The van der Waals surface area contributed by atoms with Crippen LogP contribution in [0.2, 0.25) is 0 Å². The molecule has 0 aliphatic heterocycles. The molecule has 5 heteroatoms. The third-order valence-corrected chi connectivity index (χ3v) is 2.39. The number of aliphatic hydroxyl groups excluding tert-OH is 1. The van der Waals surface area contributed by atoms with Gasteiger partial charge in [0.1, 0.15) is 0 Å². The maximum atomic E-state index is 10.6. The number of amides is 1. The standard InChI is InChI=1S/C11H12N2O3/c14-4-3-7-1-2-9-8(5-7)10(6-12-9)13-11(15)16/h1-2,5-6,12-14H,3-4H2,(H,15,16). The Labute approximate surface area is 91.7 Å². The van der Waals surface area contributed by atoms with Crippen LogP contribution in [0.1, 0.15) is 5.56 Å². The van der Waals surface area contributed by atoms with Crippen LogP contribution in [0.15, 0.2) is 24.4 Å². The van der Waals surface area contributed by atoms with Gasteiger partial charge in [-0.15, -0.1) is 0 Å². The van der Waals surface area contributed by atoms with Crippen molar-refractivity contribution in [2.45, 2.75) is 6.42 Å². The summed E-state index contributed by atoms with van der Waals surface area (Å²) in [4.78, 5) is 13.5. The van der Waals surface area contributed by atoms with Crippen LogP contribution < -0.4 is 5.32 Å². The molecule has 0 spiro atoms. The molecule has 1 aromatic carbocycles. The van der Waals surface area contributed by atoms with Gasteiger partial charge in [-0.05, 0) is 24.1 Å². The van der Waals surface area contributed by atoms with Gasteiger partial charge in [-0.25, -0.2) is 4.79 Å². The molecule has 4 N–H and O–H groups in total. The molecule has 84 valence electrons. The number of benzene rings is 1. The first-order valence-corrected chi connectivity index (χ1v) is 4.91. The largest absolute Gasteiger partial charge is 0.465 e. The first-order valence-electron chi connectivity index (χ1n) is 4.91. The molecule has 1 heterocycles. The van der Waals surface area contributed by atoms with Gasteiger partial charge in [0.05, 0.1) is 5.69 Å². The van der Waals surface area contributed by atoms with Crippen molar-refractivity contribution in [2.24, 2.45) is 0 Å². The summed E-state index contributed by atoms with van der Waals surface area (Å²) in [5, 5.41) is 20.6. The smallest absolute Gasteiger partial charge is 0.409 e. The average Bonchev–Trinajstić information content (AvgIpc) is 2.61. The zero-order valence-corrected chi connectivity index (χ0v) is 8.53. The third kappa shape index (κ3) is 1.99. The van der Waals surface area contributed by atoms with Gasteiger partial charge in [-0.2, -0.15) is 0 Å². The van der Waals surface area contributed by atoms with E-state index >= 15 is 0 Å². The highest BCUT2D eigenvalue weighted by atomic mass is 16.4. The molecular formula is C11H12N2O3. The van der Waals surface area contributed by atoms with E-state index in [9.17, 15) is 4.79 Å². The van der Waals surface area contributed by atoms with E-state index < -0.39 is 6.09 Å². The molecule has 0 saturated carbocycles. The lowest BCUT2D eigenvalue weighted by Crippen LogP contribution is -2.06. The Balaban J connectivity index is 2.42. The number of hydrogen-bond donors (Lipinski definition) is 4. The second-order valence-electron chi connectivity index (χ2n) is 3.49. The molecule has 1 amide bonds. The molecular weight excluding hydrogens is 208 g/mol. The molecule has 0 unspecified atom stereocenters. The highest BCUT2D eigenvalue weighted by molar-refractivity contribution is 5.99. The molecule has 16 heavy (non-hydrogen) atoms. The number of carboxylic acid groups (broad SMARTS) is 1. The van der Waals surface area contributed by atoms with E-state index in [-0.39, 0.29) is 6.61 Å². The molecule has 0 atom stereocenters. The highest BCUT2D eigenvalue weighted by Gasteiger charge is 2.06. The lowest BCUT2D eigenvalue weighted by atomic mass is 10.1. The lowest BCUT2D eigenvalue weighted by molar-refractivity contribution is 0.210. The van der Waals surface area contributed by atoms with E-state index in [0.29, 0.717) is 12.1 Å². The van der Waals surface area contributed by atoms with Crippen LogP contribution >= 0.6 is 0 Å². The van der Waals surface area contributed by atoms with E-state index in [1.165, 1.54) is 0 Å². The predicted octanol–water partition coefficient (Wildman–Crippen LogP) is 1.79. The number of aromatic nitrogens is 1. The molecule has 0 bridgehead atoms. The number of H-pyrrole nitrogens is 1. The van der Waals surface area contributed by atoms with E-state index in [0.717, 1.165) is 16.5 Å². The van der Waals surface area contributed by atoms with Gasteiger partial charge in [-0.1, -0.05) is 6.07 Å². The second kappa shape index (κ2) is 4.24. The highest BCUT2D eigenvalue weighted by Crippen LogP contribution is 2.24. The second-order valence-corrected chi connectivity index (χ2v) is 3.49. The van der Waals surface area contributed by atoms with Crippen LogP contribution in [0.25, 0.3) is 10.9 Å². The fourth-order valence-corrected chi connectivity index (χ4v) is 1.67. The summed E-state index contributed by atoms with van der Waals surface area (Å²) in [6.07, 6.45) is 1.09. The fraction of sp³-hybridized carbons (Fsp3) is 0.182. The first kappa shape index (κ1) is 10.5. The van der Waals surface area contributed by atoms with Crippen LogP contribution in [0.3, 0.4) is 0 Å². The molecule has 2 rings (SSSR count). The van der Waals surface area contributed by atoms with E-state index in [4.69, 9.17) is 10.2 Å². The maximum Gasteiger partial charge on any atom is 0.409 e. The van der Waals surface area contributed by atoms with Crippen molar-refractivity contribution in [3.05, 3.63) is 30.0 Å². The molecule has 0 aliphatic carbocycles. The molecule has 0 fully saturated rings. The Bertz CT molecular complexity index is 519. The molecule has 0 radical (unpaired) electrons. The van der Waals surface area contributed by atoms with Crippen molar-refractivity contribution in [3.63, 3.8) is 0 Å². The van der Waals surface area contributed by atoms with Gasteiger partial charge in [-0.3, -0.25) is 5.32 Å². The van der Waals surface area contributed by atoms with Crippen LogP contribution in [-0.4, -0.2) is 27.9 Å². The number of rotatable bonds is 3. The van der Waals surface area contributed by atoms with Crippen molar-refractivity contribution in [2.75, 3.05) is 11.9 Å². The van der Waals surface area contributed by atoms with Crippen LogP contribution in [-0.2, 0) is 6.42 Å². The summed E-state index contributed by atoms with van der Waals surface area (Å²) in [5.74, 6) is 0. The van der Waals surface area contributed by atoms with E-state index in [1.54, 1.807) is 6.20 Å². The minimum Gasteiger partial charge on any atom is -0.465 e. The number of carbonyl (C=O) groups is 1. The third-order valence-electron chi connectivity index (χ3n) is 2.39.